The predicted molar refractivity (Wildman–Crippen MR) is 128 cm³/mol. The average molecular weight is 446 g/mol. The Hall–Kier alpha value is -3.25. The fourth-order valence-electron chi connectivity index (χ4n) is 4.38. The number of aliphatic hydroxyl groups is 1. The average Bonchev–Trinajstić information content (AvgIpc) is 3.27. The molecule has 2 heterocycles. The van der Waals surface area contributed by atoms with E-state index in [2.05, 4.69) is 34.3 Å². The van der Waals surface area contributed by atoms with Crippen LogP contribution in [0.1, 0.15) is 53.7 Å². The van der Waals surface area contributed by atoms with E-state index in [1.165, 1.54) is 0 Å². The number of nitrogens with zero attached hydrogens (tertiary/aromatic N) is 3. The Kier molecular flexibility index (Phi) is 7.35. The van der Waals surface area contributed by atoms with Crippen LogP contribution in [0.4, 0.5) is 0 Å². The van der Waals surface area contributed by atoms with E-state index in [9.17, 15) is 9.90 Å². The molecule has 6 heteroatoms. The molecule has 6 nitrogen and oxygen atoms in total. The van der Waals surface area contributed by atoms with Crippen LogP contribution in [0.15, 0.2) is 61.1 Å². The van der Waals surface area contributed by atoms with Gasteiger partial charge in [-0.2, -0.15) is 5.10 Å². The van der Waals surface area contributed by atoms with Crippen molar-refractivity contribution in [3.05, 3.63) is 77.9 Å². The van der Waals surface area contributed by atoms with Crippen LogP contribution < -0.4 is 4.74 Å². The lowest BCUT2D eigenvalue weighted by molar-refractivity contribution is 0.0920. The molecule has 1 N–H and O–H groups in total. The quantitative estimate of drug-likeness (QED) is 0.400. The number of rotatable bonds is 8. The maximum Gasteiger partial charge on any atom is 0.184 e. The zero-order valence-electron chi connectivity index (χ0n) is 19.3. The second-order valence-corrected chi connectivity index (χ2v) is 8.73. The van der Waals surface area contributed by atoms with Gasteiger partial charge in [0.25, 0.3) is 0 Å². The molecule has 0 unspecified atom stereocenters. The van der Waals surface area contributed by atoms with Crippen LogP contribution in [-0.4, -0.2) is 38.9 Å². The summed E-state index contributed by atoms with van der Waals surface area (Å²) in [7, 11) is 3.52. The predicted octanol–water partition coefficient (Wildman–Crippen LogP) is 4.76. The van der Waals surface area contributed by atoms with Crippen molar-refractivity contribution in [3.8, 4) is 16.9 Å². The molecule has 0 aliphatic heterocycles. The first kappa shape index (κ1) is 22.9. The number of aliphatic hydroxyl groups excluding tert-OH is 1. The maximum atomic E-state index is 12.8. The molecule has 0 saturated heterocycles. The molecule has 0 amide bonds. The molecule has 1 aliphatic rings. The highest BCUT2D eigenvalue weighted by molar-refractivity contribution is 5.95. The molecule has 2 aromatic heterocycles. The van der Waals surface area contributed by atoms with E-state index in [1.807, 2.05) is 37.7 Å². The lowest BCUT2D eigenvalue weighted by Crippen LogP contribution is -2.22. The van der Waals surface area contributed by atoms with E-state index in [1.54, 1.807) is 18.0 Å². The Balaban J connectivity index is 1.44. The number of aryl methyl sites for hydroxylation is 1. The Morgan fingerprint density at radius 2 is 1.97 bits per heavy atom. The number of Topliss-reactive ketones (excluding diaryl/α,β-unsaturated/α-hetero) is 1. The molecule has 3 aromatic rings. The van der Waals surface area contributed by atoms with Crippen molar-refractivity contribution >= 4 is 5.78 Å². The third-order valence-electron chi connectivity index (χ3n) is 6.31. The van der Waals surface area contributed by atoms with Gasteiger partial charge in [0.15, 0.2) is 5.78 Å². The van der Waals surface area contributed by atoms with Crippen LogP contribution in [0.5, 0.6) is 5.75 Å². The largest absolute Gasteiger partial charge is 0.495 e. The summed E-state index contributed by atoms with van der Waals surface area (Å²) in [5, 5.41) is 14.3. The van der Waals surface area contributed by atoms with Crippen molar-refractivity contribution in [1.29, 1.82) is 0 Å². The molecular weight excluding hydrogens is 414 g/mol. The lowest BCUT2D eigenvalue weighted by atomic mass is 9.86. The highest BCUT2D eigenvalue weighted by Gasteiger charge is 2.20. The molecule has 172 valence electrons. The summed E-state index contributed by atoms with van der Waals surface area (Å²) in [4.78, 5) is 17.1. The Labute approximate surface area is 194 Å². The zero-order chi connectivity index (χ0) is 23.2. The number of carbonyl (C=O) groups excluding carboxylic acids is 1. The standard InChI is InChI=1S/C27H31N3O3/c1-30-18-23(16-29-30)20-12-10-19(11-13-20)14-22-15-24(28-17-27(22)33-2)26(32)9-5-7-21-6-3-4-8-25(21)31/h5,7,10-13,15-18,21,25,31H,3-4,6,8-9,14H2,1-2H3/b7-5+/t21-,25+/m1/s1. The van der Waals surface area contributed by atoms with Gasteiger partial charge in [-0.25, -0.2) is 4.98 Å². The van der Waals surface area contributed by atoms with Crippen molar-refractivity contribution < 1.29 is 14.6 Å². The third-order valence-corrected chi connectivity index (χ3v) is 6.31. The smallest absolute Gasteiger partial charge is 0.184 e. The number of hydrogen-bond acceptors (Lipinski definition) is 5. The number of ether oxygens (including phenoxy) is 1. The summed E-state index contributed by atoms with van der Waals surface area (Å²) in [6.45, 7) is 0. The molecule has 0 radical (unpaired) electrons. The molecular formula is C27H31N3O3. The van der Waals surface area contributed by atoms with Gasteiger partial charge < -0.3 is 9.84 Å². The summed E-state index contributed by atoms with van der Waals surface area (Å²) in [6.07, 6.45) is 14.0. The molecule has 33 heavy (non-hydrogen) atoms. The molecule has 1 aliphatic carbocycles. The number of carbonyl (C=O) groups is 1. The third kappa shape index (κ3) is 5.76. The summed E-state index contributed by atoms with van der Waals surface area (Å²) in [5.41, 5.74) is 4.67. The first-order valence-corrected chi connectivity index (χ1v) is 11.5. The van der Waals surface area contributed by atoms with Gasteiger partial charge in [-0.05, 0) is 30.0 Å². The van der Waals surface area contributed by atoms with E-state index >= 15 is 0 Å². The summed E-state index contributed by atoms with van der Waals surface area (Å²) in [6, 6.07) is 10.2. The normalized spacial score (nSPS) is 18.5. The van der Waals surface area contributed by atoms with E-state index in [-0.39, 0.29) is 24.2 Å². The van der Waals surface area contributed by atoms with Crippen LogP contribution in [-0.2, 0) is 13.5 Å². The summed E-state index contributed by atoms with van der Waals surface area (Å²) >= 11 is 0. The van der Waals surface area contributed by atoms with Gasteiger partial charge in [-0.15, -0.1) is 0 Å². The van der Waals surface area contributed by atoms with Gasteiger partial charge in [0, 0.05) is 43.1 Å². The Bertz CT molecular complexity index is 1120. The molecule has 1 aromatic carbocycles. The van der Waals surface area contributed by atoms with Crippen LogP contribution in [0.2, 0.25) is 0 Å². The van der Waals surface area contributed by atoms with Crippen molar-refractivity contribution in [2.75, 3.05) is 7.11 Å². The highest BCUT2D eigenvalue weighted by atomic mass is 16.5. The second-order valence-electron chi connectivity index (χ2n) is 8.73. The first-order valence-electron chi connectivity index (χ1n) is 11.5. The van der Waals surface area contributed by atoms with Crippen molar-refractivity contribution in [3.63, 3.8) is 0 Å². The fraction of sp³-hybridized carbons (Fsp3) is 0.370. The monoisotopic (exact) mass is 445 g/mol. The fourth-order valence-corrected chi connectivity index (χ4v) is 4.38. The van der Waals surface area contributed by atoms with Crippen molar-refractivity contribution in [2.24, 2.45) is 13.0 Å². The number of aromatic nitrogens is 3. The molecule has 1 fully saturated rings. The first-order chi connectivity index (χ1) is 16.0. The van der Waals surface area contributed by atoms with Crippen LogP contribution in [0.25, 0.3) is 11.1 Å². The van der Waals surface area contributed by atoms with E-state index in [4.69, 9.17) is 4.74 Å². The number of ketones is 1. The minimum absolute atomic E-state index is 0.0348. The van der Waals surface area contributed by atoms with Gasteiger partial charge >= 0.3 is 0 Å². The van der Waals surface area contributed by atoms with E-state index < -0.39 is 0 Å². The number of methoxy groups -OCH3 is 1. The van der Waals surface area contributed by atoms with Crippen molar-refractivity contribution in [2.45, 2.75) is 44.6 Å². The SMILES string of the molecule is COc1cnc(C(=O)C/C=C/[C@H]2CCCC[C@@H]2O)cc1Cc1ccc(-c2cnn(C)c2)cc1. The maximum absolute atomic E-state index is 12.8. The second kappa shape index (κ2) is 10.6. The van der Waals surface area contributed by atoms with Gasteiger partial charge in [0.05, 0.1) is 25.6 Å². The molecule has 2 atom stereocenters. The van der Waals surface area contributed by atoms with Gasteiger partial charge in [0.2, 0.25) is 0 Å². The zero-order valence-corrected chi connectivity index (χ0v) is 19.3. The van der Waals surface area contributed by atoms with Gasteiger partial charge in [-0.3, -0.25) is 9.48 Å². The number of pyridine rings is 1. The number of benzene rings is 1. The Morgan fingerprint density at radius 3 is 2.67 bits per heavy atom. The van der Waals surface area contributed by atoms with Crippen LogP contribution in [0.3, 0.4) is 0 Å². The van der Waals surface area contributed by atoms with Crippen LogP contribution >= 0.6 is 0 Å². The minimum Gasteiger partial charge on any atom is -0.495 e. The number of hydrogen-bond donors (Lipinski definition) is 1. The summed E-state index contributed by atoms with van der Waals surface area (Å²) in [5.74, 6) is 0.789. The highest BCUT2D eigenvalue weighted by Crippen LogP contribution is 2.26. The molecule has 4 rings (SSSR count). The lowest BCUT2D eigenvalue weighted by Gasteiger charge is -2.24. The number of allylic oxidation sites excluding steroid dienone is 1. The topological polar surface area (TPSA) is 77.2 Å². The molecule has 0 bridgehead atoms. The van der Waals surface area contributed by atoms with E-state index in [0.29, 0.717) is 17.9 Å². The summed E-state index contributed by atoms with van der Waals surface area (Å²) < 4.78 is 7.28. The van der Waals surface area contributed by atoms with E-state index in [0.717, 1.165) is 47.9 Å². The Morgan fingerprint density at radius 1 is 1.18 bits per heavy atom. The van der Waals surface area contributed by atoms with Gasteiger partial charge in [-0.1, -0.05) is 49.3 Å². The van der Waals surface area contributed by atoms with Crippen molar-refractivity contribution in [1.82, 2.24) is 14.8 Å². The minimum atomic E-state index is -0.291. The molecule has 0 spiro atoms. The van der Waals surface area contributed by atoms with Crippen LogP contribution in [0, 0.1) is 5.92 Å². The molecule has 1 saturated carbocycles. The van der Waals surface area contributed by atoms with Gasteiger partial charge in [0.1, 0.15) is 11.4 Å².